The van der Waals surface area contributed by atoms with E-state index in [4.69, 9.17) is 5.41 Å². The molecule has 0 amide bonds. The van der Waals surface area contributed by atoms with Gasteiger partial charge in [0.25, 0.3) is 0 Å². The molecule has 0 unspecified atom stereocenters. The van der Waals surface area contributed by atoms with Crippen LogP contribution in [0.25, 0.3) is 0 Å². The molecule has 0 fully saturated rings. The molecule has 0 aliphatic carbocycles. The predicted octanol–water partition coefficient (Wildman–Crippen LogP) is 2.73. The molecule has 0 atom stereocenters. The van der Waals surface area contributed by atoms with E-state index in [1.165, 1.54) is 10.6 Å². The van der Waals surface area contributed by atoms with Gasteiger partial charge in [0.15, 0.2) is 0 Å². The van der Waals surface area contributed by atoms with Gasteiger partial charge in [-0.2, -0.15) is 0 Å². The minimum Gasteiger partial charge on any atom is -0.308 e. The van der Waals surface area contributed by atoms with Gasteiger partial charge in [-0.1, -0.05) is 60.7 Å². The molecule has 0 spiro atoms. The molecule has 0 bridgehead atoms. The van der Waals surface area contributed by atoms with Crippen LogP contribution in [-0.2, 0) is 0 Å². The normalized spacial score (nSPS) is 10.2. The third kappa shape index (κ3) is 2.31. The van der Waals surface area contributed by atoms with E-state index in [1.807, 2.05) is 36.4 Å². The van der Waals surface area contributed by atoms with E-state index >= 15 is 0 Å². The minimum absolute atomic E-state index is 0.607. The average Bonchev–Trinajstić information content (AvgIpc) is 2.33. The van der Waals surface area contributed by atoms with Gasteiger partial charge in [0, 0.05) is 5.96 Å². The van der Waals surface area contributed by atoms with Gasteiger partial charge in [-0.3, -0.25) is 0 Å². The molecular weight excluding hydrogens is 201 g/mol. The summed E-state index contributed by atoms with van der Waals surface area (Å²) in [6.45, 7) is 0. The summed E-state index contributed by atoms with van der Waals surface area (Å²) in [7, 11) is -0.607. The summed E-state index contributed by atoms with van der Waals surface area (Å²) in [6.07, 6.45) is 0. The van der Waals surface area contributed by atoms with Crippen molar-refractivity contribution in [2.24, 2.45) is 0 Å². The van der Waals surface area contributed by atoms with E-state index in [9.17, 15) is 0 Å². The zero-order valence-corrected chi connectivity index (χ0v) is 9.19. The Bertz CT molecular complexity index is 385. The van der Waals surface area contributed by atoms with Crippen molar-refractivity contribution in [3.05, 3.63) is 60.7 Å². The highest BCUT2D eigenvalue weighted by Crippen LogP contribution is 2.28. The molecule has 1 nitrogen and oxygen atoms in total. The van der Waals surface area contributed by atoms with Crippen LogP contribution in [0.3, 0.4) is 0 Å². The molecule has 0 aromatic heterocycles. The first-order chi connectivity index (χ1) is 7.42. The van der Waals surface area contributed by atoms with E-state index in [-0.39, 0.29) is 0 Å². The van der Waals surface area contributed by atoms with Crippen molar-refractivity contribution in [2.45, 2.75) is 0 Å². The highest BCUT2D eigenvalue weighted by molar-refractivity contribution is 7.85. The summed E-state index contributed by atoms with van der Waals surface area (Å²) in [5.41, 5.74) is 0. The molecule has 0 aliphatic heterocycles. The number of benzene rings is 2. The quantitative estimate of drug-likeness (QED) is 0.598. The van der Waals surface area contributed by atoms with Crippen LogP contribution in [-0.4, -0.2) is 5.96 Å². The summed E-state index contributed by atoms with van der Waals surface area (Å²) in [5.74, 6) is 1.56. The van der Waals surface area contributed by atoms with Crippen LogP contribution >= 0.6 is 7.92 Å². The average molecular weight is 213 g/mol. The predicted molar refractivity (Wildman–Crippen MR) is 67.9 cm³/mol. The maximum absolute atomic E-state index is 7.54. The Balaban J connectivity index is 2.38. The SMILES string of the molecule is N=CP(c1ccccc1)c1ccccc1. The number of hydrogen-bond donors (Lipinski definition) is 1. The third-order valence-corrected chi connectivity index (χ3v) is 4.16. The fourth-order valence-electron chi connectivity index (χ4n) is 1.48. The minimum atomic E-state index is -0.607. The standard InChI is InChI=1S/C13H12NP/c14-11-15(12-7-3-1-4-8-12)13-9-5-2-6-10-13/h1-11,14H. The molecular formula is C13H12NP. The largest absolute Gasteiger partial charge is 0.308 e. The summed E-state index contributed by atoms with van der Waals surface area (Å²) in [4.78, 5) is 0. The monoisotopic (exact) mass is 213 g/mol. The number of rotatable bonds is 3. The van der Waals surface area contributed by atoms with Gasteiger partial charge < -0.3 is 5.41 Å². The zero-order chi connectivity index (χ0) is 10.5. The molecule has 2 aromatic rings. The van der Waals surface area contributed by atoms with Crippen LogP contribution < -0.4 is 10.6 Å². The molecule has 2 aromatic carbocycles. The first-order valence-electron chi connectivity index (χ1n) is 4.82. The molecule has 0 radical (unpaired) electrons. The van der Waals surface area contributed by atoms with Crippen molar-refractivity contribution in [2.75, 3.05) is 0 Å². The summed E-state index contributed by atoms with van der Waals surface area (Å²) in [5, 5.41) is 10.00. The Morgan fingerprint density at radius 2 is 1.13 bits per heavy atom. The van der Waals surface area contributed by atoms with Crippen LogP contribution in [0.1, 0.15) is 0 Å². The second-order valence-electron chi connectivity index (χ2n) is 3.17. The van der Waals surface area contributed by atoms with E-state index in [0.717, 1.165) is 0 Å². The van der Waals surface area contributed by atoms with E-state index < -0.39 is 7.92 Å². The molecule has 1 N–H and O–H groups in total. The molecule has 74 valence electrons. The van der Waals surface area contributed by atoms with Crippen LogP contribution in [0, 0.1) is 5.41 Å². The highest BCUT2D eigenvalue weighted by Gasteiger charge is 2.08. The summed E-state index contributed by atoms with van der Waals surface area (Å²) in [6, 6.07) is 20.5. The molecule has 0 heterocycles. The molecule has 2 heteroatoms. The Morgan fingerprint density at radius 1 is 0.733 bits per heavy atom. The van der Waals surface area contributed by atoms with Crippen molar-refractivity contribution < 1.29 is 0 Å². The first kappa shape index (κ1) is 10.1. The van der Waals surface area contributed by atoms with Crippen LogP contribution in [0.2, 0.25) is 0 Å². The molecule has 0 saturated heterocycles. The van der Waals surface area contributed by atoms with Crippen molar-refractivity contribution in [3.63, 3.8) is 0 Å². The Hall–Kier alpha value is -1.46. The molecule has 2 rings (SSSR count). The summed E-state index contributed by atoms with van der Waals surface area (Å²) < 4.78 is 0. The second kappa shape index (κ2) is 4.86. The van der Waals surface area contributed by atoms with Gasteiger partial charge in [-0.25, -0.2) is 0 Å². The fourth-order valence-corrected chi connectivity index (χ4v) is 3.06. The van der Waals surface area contributed by atoms with Gasteiger partial charge in [0.2, 0.25) is 0 Å². The van der Waals surface area contributed by atoms with Gasteiger partial charge in [-0.15, -0.1) is 0 Å². The second-order valence-corrected chi connectivity index (χ2v) is 5.20. The lowest BCUT2D eigenvalue weighted by atomic mass is 10.4. The van der Waals surface area contributed by atoms with Crippen molar-refractivity contribution >= 4 is 24.5 Å². The van der Waals surface area contributed by atoms with E-state index in [0.29, 0.717) is 0 Å². The van der Waals surface area contributed by atoms with Crippen LogP contribution in [0.5, 0.6) is 0 Å². The van der Waals surface area contributed by atoms with E-state index in [2.05, 4.69) is 24.3 Å². The van der Waals surface area contributed by atoms with Crippen LogP contribution in [0.15, 0.2) is 60.7 Å². The van der Waals surface area contributed by atoms with Crippen molar-refractivity contribution in [1.29, 1.82) is 5.41 Å². The third-order valence-electron chi connectivity index (χ3n) is 2.20. The maximum Gasteiger partial charge on any atom is 0.0275 e. The molecule has 0 aliphatic rings. The van der Waals surface area contributed by atoms with Crippen molar-refractivity contribution in [1.82, 2.24) is 0 Å². The first-order valence-corrected chi connectivity index (χ1v) is 6.23. The van der Waals surface area contributed by atoms with Gasteiger partial charge in [0.1, 0.15) is 0 Å². The zero-order valence-electron chi connectivity index (χ0n) is 8.30. The van der Waals surface area contributed by atoms with Gasteiger partial charge >= 0.3 is 0 Å². The Kier molecular flexibility index (Phi) is 3.26. The lowest BCUT2D eigenvalue weighted by Crippen LogP contribution is -2.11. The Labute approximate surface area is 91.0 Å². The van der Waals surface area contributed by atoms with Crippen LogP contribution in [0.4, 0.5) is 0 Å². The number of nitrogens with one attached hydrogen (secondary N) is 1. The topological polar surface area (TPSA) is 23.9 Å². The lowest BCUT2D eigenvalue weighted by Gasteiger charge is -2.12. The van der Waals surface area contributed by atoms with Crippen molar-refractivity contribution in [3.8, 4) is 0 Å². The van der Waals surface area contributed by atoms with Gasteiger partial charge in [0.05, 0.1) is 0 Å². The Morgan fingerprint density at radius 3 is 1.47 bits per heavy atom. The maximum atomic E-state index is 7.54. The van der Waals surface area contributed by atoms with Gasteiger partial charge in [-0.05, 0) is 18.5 Å². The molecule has 15 heavy (non-hydrogen) atoms. The highest BCUT2D eigenvalue weighted by atomic mass is 31.1. The number of hydrogen-bond acceptors (Lipinski definition) is 1. The smallest absolute Gasteiger partial charge is 0.0275 e. The lowest BCUT2D eigenvalue weighted by molar-refractivity contribution is 1.60. The van der Waals surface area contributed by atoms with E-state index in [1.54, 1.807) is 5.96 Å². The fraction of sp³-hybridized carbons (Fsp3) is 0. The molecule has 0 saturated carbocycles. The summed E-state index contributed by atoms with van der Waals surface area (Å²) >= 11 is 0.